The van der Waals surface area contributed by atoms with Crippen LogP contribution in [0, 0.1) is 0 Å². The normalized spacial score (nSPS) is 13.3. The maximum absolute atomic E-state index is 2.37. The van der Waals surface area contributed by atoms with Crippen molar-refractivity contribution < 1.29 is 0 Å². The van der Waals surface area contributed by atoms with Crippen LogP contribution in [0.3, 0.4) is 0 Å². The molecule has 0 aromatic heterocycles. The Morgan fingerprint density at radius 2 is 1.16 bits per heavy atom. The van der Waals surface area contributed by atoms with Gasteiger partial charge in [0.25, 0.3) is 0 Å². The summed E-state index contributed by atoms with van der Waals surface area (Å²) in [7, 11) is 0. The Labute approximate surface area is 195 Å². The Kier molecular flexibility index (Phi) is 9.57. The lowest BCUT2D eigenvalue weighted by Crippen LogP contribution is -1.85. The first-order valence-corrected chi connectivity index (χ1v) is 12.4. The molecule has 0 atom stereocenters. The highest BCUT2D eigenvalue weighted by Gasteiger charge is 2.17. The Hall–Kier alpha value is -2.86. The zero-order valence-corrected chi connectivity index (χ0v) is 20.1. The lowest BCUT2D eigenvalue weighted by molar-refractivity contribution is 0.656. The fourth-order valence-corrected chi connectivity index (χ4v) is 4.30. The molecule has 0 bridgehead atoms. The molecule has 0 amide bonds. The van der Waals surface area contributed by atoms with Gasteiger partial charge in [-0.2, -0.15) is 0 Å². The third-order valence-corrected chi connectivity index (χ3v) is 6.00. The van der Waals surface area contributed by atoms with E-state index in [2.05, 4.69) is 112 Å². The summed E-state index contributed by atoms with van der Waals surface area (Å²) in [5, 5.41) is 0. The van der Waals surface area contributed by atoms with Crippen molar-refractivity contribution in [1.29, 1.82) is 0 Å². The summed E-state index contributed by atoms with van der Waals surface area (Å²) < 4.78 is 0. The van der Waals surface area contributed by atoms with Crippen LogP contribution in [0.5, 0.6) is 0 Å². The van der Waals surface area contributed by atoms with Gasteiger partial charge in [-0.25, -0.2) is 0 Å². The number of benzene rings is 3. The Morgan fingerprint density at radius 3 is 1.81 bits per heavy atom. The van der Waals surface area contributed by atoms with Gasteiger partial charge in [0.1, 0.15) is 0 Å². The van der Waals surface area contributed by atoms with Crippen molar-refractivity contribution in [3.63, 3.8) is 0 Å². The molecule has 0 aliphatic heterocycles. The predicted octanol–water partition coefficient (Wildman–Crippen LogP) is 10.1. The van der Waals surface area contributed by atoms with Gasteiger partial charge in [0.2, 0.25) is 0 Å². The summed E-state index contributed by atoms with van der Waals surface area (Å²) in [6.45, 7) is 6.74. The van der Waals surface area contributed by atoms with Crippen LogP contribution >= 0.6 is 0 Å². The quantitative estimate of drug-likeness (QED) is 0.317. The van der Waals surface area contributed by atoms with Gasteiger partial charge in [-0.15, -0.1) is 0 Å². The lowest BCUT2D eigenvalue weighted by Gasteiger charge is -2.08. The summed E-state index contributed by atoms with van der Waals surface area (Å²) in [4.78, 5) is 0. The molecule has 0 fully saturated rings. The number of rotatable bonds is 8. The summed E-state index contributed by atoms with van der Waals surface area (Å²) in [6, 6.07) is 28.1. The van der Waals surface area contributed by atoms with Crippen molar-refractivity contribution in [2.24, 2.45) is 0 Å². The second-order valence-electron chi connectivity index (χ2n) is 8.58. The molecule has 32 heavy (non-hydrogen) atoms. The highest BCUT2D eigenvalue weighted by molar-refractivity contribution is 6.02. The van der Waals surface area contributed by atoms with Crippen LogP contribution in [-0.2, 0) is 0 Å². The maximum Gasteiger partial charge on any atom is -0.0108 e. The van der Waals surface area contributed by atoms with Crippen LogP contribution in [0.1, 0.15) is 82.4 Å². The molecular weight excluding hydrogens is 384 g/mol. The zero-order valence-electron chi connectivity index (χ0n) is 20.1. The molecule has 1 aliphatic carbocycles. The predicted molar refractivity (Wildman–Crippen MR) is 144 cm³/mol. The summed E-state index contributed by atoms with van der Waals surface area (Å²) >= 11 is 0. The summed E-state index contributed by atoms with van der Waals surface area (Å²) in [5.41, 5.74) is 9.35. The van der Waals surface area contributed by atoms with Crippen LogP contribution in [0.2, 0.25) is 0 Å². The number of unbranched alkanes of at least 4 members (excludes halogenated alkanes) is 4. The van der Waals surface area contributed by atoms with Gasteiger partial charge in [0.05, 0.1) is 0 Å². The summed E-state index contributed by atoms with van der Waals surface area (Å²) in [6.07, 6.45) is 14.0. The fraction of sp³-hybridized carbons (Fsp3) is 0.312. The third-order valence-electron chi connectivity index (χ3n) is 6.00. The van der Waals surface area contributed by atoms with Crippen molar-refractivity contribution in [3.8, 4) is 11.1 Å². The average molecular weight is 423 g/mol. The first-order chi connectivity index (χ1) is 15.8. The molecule has 1 aliphatic rings. The SMILES string of the molecule is CCCC1=C/C(=C\c2ccccc2-c2ccccc2)c2ccccc21.CCCCCCC. The minimum absolute atomic E-state index is 1.13. The molecule has 0 N–H and O–H groups in total. The molecule has 0 saturated carbocycles. The molecule has 0 spiro atoms. The smallest absolute Gasteiger partial charge is 0.0108 e. The van der Waals surface area contributed by atoms with Gasteiger partial charge in [-0.3, -0.25) is 0 Å². The molecule has 0 heterocycles. The van der Waals surface area contributed by atoms with E-state index < -0.39 is 0 Å². The average Bonchev–Trinajstić information content (AvgIpc) is 3.18. The van der Waals surface area contributed by atoms with E-state index in [0.717, 1.165) is 6.42 Å². The Morgan fingerprint density at radius 1 is 0.562 bits per heavy atom. The van der Waals surface area contributed by atoms with Crippen molar-refractivity contribution >= 4 is 17.2 Å². The van der Waals surface area contributed by atoms with E-state index in [0.29, 0.717) is 0 Å². The standard InChI is InChI=1S/C25H22.C7H16/c1-2-10-20-17-22(25-16-9-8-15-24(20)25)18-21-13-6-7-14-23(21)19-11-4-3-5-12-19;1-3-5-7-6-4-2/h3-9,11-18H,2,10H2,1H3;3-7H2,1-2H3/b22-18+;. The molecule has 3 aromatic carbocycles. The minimum atomic E-state index is 1.13. The van der Waals surface area contributed by atoms with E-state index in [9.17, 15) is 0 Å². The first-order valence-electron chi connectivity index (χ1n) is 12.4. The number of fused-ring (bicyclic) bond motifs is 1. The molecule has 0 radical (unpaired) electrons. The molecule has 0 heteroatoms. The third kappa shape index (κ3) is 6.33. The molecule has 0 saturated heterocycles. The van der Waals surface area contributed by atoms with Gasteiger partial charge in [0, 0.05) is 0 Å². The largest absolute Gasteiger partial charge is 0.0654 e. The highest BCUT2D eigenvalue weighted by atomic mass is 14.2. The van der Waals surface area contributed by atoms with Gasteiger partial charge >= 0.3 is 0 Å². The van der Waals surface area contributed by atoms with Crippen LogP contribution in [0.4, 0.5) is 0 Å². The van der Waals surface area contributed by atoms with Crippen molar-refractivity contribution in [2.45, 2.75) is 65.7 Å². The first kappa shape index (κ1) is 23.8. The van der Waals surface area contributed by atoms with Crippen molar-refractivity contribution in [3.05, 3.63) is 102 Å². The van der Waals surface area contributed by atoms with Crippen LogP contribution in [0.15, 0.2) is 84.9 Å². The zero-order chi connectivity index (χ0) is 22.6. The molecule has 0 nitrogen and oxygen atoms in total. The number of allylic oxidation sites excluding steroid dienone is 3. The van der Waals surface area contributed by atoms with Gasteiger partial charge < -0.3 is 0 Å². The molecule has 166 valence electrons. The number of hydrogen-bond acceptors (Lipinski definition) is 0. The Balaban J connectivity index is 0.000000360. The van der Waals surface area contributed by atoms with Gasteiger partial charge in [0.15, 0.2) is 0 Å². The van der Waals surface area contributed by atoms with Crippen LogP contribution < -0.4 is 0 Å². The second-order valence-corrected chi connectivity index (χ2v) is 8.58. The van der Waals surface area contributed by atoms with E-state index in [1.807, 2.05) is 0 Å². The van der Waals surface area contributed by atoms with Crippen LogP contribution in [0.25, 0.3) is 28.3 Å². The lowest BCUT2D eigenvalue weighted by atomic mass is 9.96. The minimum Gasteiger partial charge on any atom is -0.0654 e. The maximum atomic E-state index is 2.37. The van der Waals surface area contributed by atoms with Crippen molar-refractivity contribution in [2.75, 3.05) is 0 Å². The van der Waals surface area contributed by atoms with Gasteiger partial charge in [-0.1, -0.05) is 144 Å². The van der Waals surface area contributed by atoms with E-state index in [4.69, 9.17) is 0 Å². The number of hydrogen-bond donors (Lipinski definition) is 0. The van der Waals surface area contributed by atoms with Crippen LogP contribution in [-0.4, -0.2) is 0 Å². The molecule has 0 unspecified atom stereocenters. The van der Waals surface area contributed by atoms with Gasteiger partial charge in [-0.05, 0) is 51.5 Å². The van der Waals surface area contributed by atoms with E-state index in [-0.39, 0.29) is 0 Å². The molecule has 4 rings (SSSR count). The highest BCUT2D eigenvalue weighted by Crippen LogP contribution is 2.39. The second kappa shape index (κ2) is 12.9. The summed E-state index contributed by atoms with van der Waals surface area (Å²) in [5.74, 6) is 0. The van der Waals surface area contributed by atoms with E-state index in [1.54, 1.807) is 0 Å². The van der Waals surface area contributed by atoms with Crippen molar-refractivity contribution in [1.82, 2.24) is 0 Å². The Bertz CT molecular complexity index is 1020. The topological polar surface area (TPSA) is 0 Å². The monoisotopic (exact) mass is 422 g/mol. The molecular formula is C32H38. The van der Waals surface area contributed by atoms with E-state index >= 15 is 0 Å². The van der Waals surface area contributed by atoms with E-state index in [1.165, 1.54) is 77.5 Å². The molecule has 3 aromatic rings. The fourth-order valence-electron chi connectivity index (χ4n) is 4.30.